The fourth-order valence-electron chi connectivity index (χ4n) is 3.49. The van der Waals surface area contributed by atoms with Gasteiger partial charge in [0.1, 0.15) is 6.61 Å². The average Bonchev–Trinajstić information content (AvgIpc) is 3.02. The van der Waals surface area contributed by atoms with Gasteiger partial charge in [-0.05, 0) is 37.0 Å². The van der Waals surface area contributed by atoms with Crippen molar-refractivity contribution in [3.05, 3.63) is 36.4 Å². The van der Waals surface area contributed by atoms with E-state index in [1.54, 1.807) is 4.90 Å². The number of allylic oxidation sites excluding steroid dienone is 1. The van der Waals surface area contributed by atoms with Crippen molar-refractivity contribution in [1.82, 2.24) is 0 Å². The minimum absolute atomic E-state index is 0.246. The van der Waals surface area contributed by atoms with Crippen LogP contribution in [0.5, 0.6) is 0 Å². The second kappa shape index (κ2) is 4.54. The van der Waals surface area contributed by atoms with E-state index in [-0.39, 0.29) is 6.09 Å². The van der Waals surface area contributed by atoms with Crippen molar-refractivity contribution in [2.24, 2.45) is 11.8 Å². The molecule has 1 saturated carbocycles. The number of benzene rings is 1. The predicted octanol–water partition coefficient (Wildman–Crippen LogP) is 3.02. The van der Waals surface area contributed by atoms with Gasteiger partial charge in [0.05, 0.1) is 6.54 Å². The molecular formula is C16H18N2O2. The van der Waals surface area contributed by atoms with Crippen LogP contribution >= 0.6 is 0 Å². The summed E-state index contributed by atoms with van der Waals surface area (Å²) in [6.45, 7) is 1.12. The first-order chi connectivity index (χ1) is 9.81. The normalized spacial score (nSPS) is 30.9. The molecule has 1 aromatic carbocycles. The standard InChI is InChI=1S/C16H18N2O2/c19-16-18(7-8-20-16)13-5-2-4-12(10-13)17-15-9-11-3-1-6-14(11)15/h1-2,4-6,10-11,14-15,17H,3,7-9H2. The highest BCUT2D eigenvalue weighted by molar-refractivity contribution is 5.89. The summed E-state index contributed by atoms with van der Waals surface area (Å²) < 4.78 is 4.99. The molecule has 1 N–H and O–H groups in total. The van der Waals surface area contributed by atoms with Crippen molar-refractivity contribution in [1.29, 1.82) is 0 Å². The molecule has 1 aromatic rings. The van der Waals surface area contributed by atoms with E-state index in [0.717, 1.165) is 17.3 Å². The Kier molecular flexibility index (Phi) is 2.69. The molecule has 3 aliphatic rings. The number of nitrogens with zero attached hydrogens (tertiary/aromatic N) is 1. The molecule has 0 aromatic heterocycles. The Morgan fingerprint density at radius 1 is 1.35 bits per heavy atom. The molecule has 4 heteroatoms. The van der Waals surface area contributed by atoms with Gasteiger partial charge in [-0.2, -0.15) is 0 Å². The van der Waals surface area contributed by atoms with Crippen LogP contribution in [0.15, 0.2) is 36.4 Å². The highest BCUT2D eigenvalue weighted by Crippen LogP contribution is 2.44. The van der Waals surface area contributed by atoms with Crippen LogP contribution < -0.4 is 10.2 Å². The van der Waals surface area contributed by atoms with Crippen LogP contribution in [0.4, 0.5) is 16.2 Å². The number of fused-ring (bicyclic) bond motifs is 1. The number of carbonyl (C=O) groups excluding carboxylic acids is 1. The van der Waals surface area contributed by atoms with Gasteiger partial charge in [0.15, 0.2) is 0 Å². The molecule has 0 bridgehead atoms. The van der Waals surface area contributed by atoms with Gasteiger partial charge in [-0.15, -0.1) is 0 Å². The number of rotatable bonds is 3. The van der Waals surface area contributed by atoms with Gasteiger partial charge in [-0.25, -0.2) is 4.79 Å². The molecule has 0 radical (unpaired) electrons. The summed E-state index contributed by atoms with van der Waals surface area (Å²) in [7, 11) is 0. The van der Waals surface area contributed by atoms with Gasteiger partial charge in [0, 0.05) is 23.3 Å². The third-order valence-electron chi connectivity index (χ3n) is 4.63. The summed E-state index contributed by atoms with van der Waals surface area (Å²) in [5.41, 5.74) is 2.00. The third kappa shape index (κ3) is 1.87. The Morgan fingerprint density at radius 2 is 2.30 bits per heavy atom. The minimum atomic E-state index is -0.246. The summed E-state index contributed by atoms with van der Waals surface area (Å²) in [5.74, 6) is 1.54. The zero-order valence-electron chi connectivity index (χ0n) is 11.3. The van der Waals surface area contributed by atoms with Crippen molar-refractivity contribution in [2.75, 3.05) is 23.4 Å². The first-order valence-electron chi connectivity index (χ1n) is 7.29. The first-order valence-corrected chi connectivity index (χ1v) is 7.29. The number of hydrogen-bond donors (Lipinski definition) is 1. The number of carbonyl (C=O) groups is 1. The van der Waals surface area contributed by atoms with E-state index in [1.807, 2.05) is 18.2 Å². The fourth-order valence-corrected chi connectivity index (χ4v) is 3.49. The van der Waals surface area contributed by atoms with Gasteiger partial charge >= 0.3 is 6.09 Å². The molecule has 1 heterocycles. The molecule has 2 fully saturated rings. The van der Waals surface area contributed by atoms with E-state index >= 15 is 0 Å². The summed E-state index contributed by atoms with van der Waals surface area (Å²) in [6.07, 6.45) is 6.88. The molecule has 20 heavy (non-hydrogen) atoms. The fraction of sp³-hybridized carbons (Fsp3) is 0.438. The van der Waals surface area contributed by atoms with Crippen molar-refractivity contribution in [3.8, 4) is 0 Å². The highest BCUT2D eigenvalue weighted by atomic mass is 16.6. The van der Waals surface area contributed by atoms with Crippen LogP contribution in [-0.4, -0.2) is 25.3 Å². The first kappa shape index (κ1) is 11.8. The SMILES string of the molecule is O=C1OCCN1c1cccc(NC2CC3CC=CC32)c1. The number of ether oxygens (including phenoxy) is 1. The number of cyclic esters (lactones) is 1. The zero-order chi connectivity index (χ0) is 13.5. The molecule has 4 nitrogen and oxygen atoms in total. The molecule has 1 saturated heterocycles. The van der Waals surface area contributed by atoms with Gasteiger partial charge in [-0.3, -0.25) is 4.90 Å². The number of nitrogens with one attached hydrogen (secondary N) is 1. The van der Waals surface area contributed by atoms with Gasteiger partial charge in [0.25, 0.3) is 0 Å². The van der Waals surface area contributed by atoms with Gasteiger partial charge in [0.2, 0.25) is 0 Å². The summed E-state index contributed by atoms with van der Waals surface area (Å²) in [5, 5.41) is 3.60. The number of hydrogen-bond acceptors (Lipinski definition) is 3. The Morgan fingerprint density at radius 3 is 3.10 bits per heavy atom. The van der Waals surface area contributed by atoms with Crippen molar-refractivity contribution in [3.63, 3.8) is 0 Å². The maximum atomic E-state index is 11.6. The lowest BCUT2D eigenvalue weighted by atomic mass is 9.71. The van der Waals surface area contributed by atoms with Crippen LogP contribution in [-0.2, 0) is 4.74 Å². The van der Waals surface area contributed by atoms with Gasteiger partial charge in [-0.1, -0.05) is 18.2 Å². The monoisotopic (exact) mass is 270 g/mol. The maximum Gasteiger partial charge on any atom is 0.414 e. The molecule has 3 unspecified atom stereocenters. The largest absolute Gasteiger partial charge is 0.447 e. The van der Waals surface area contributed by atoms with Crippen LogP contribution in [0.2, 0.25) is 0 Å². The molecule has 3 atom stereocenters. The van der Waals surface area contributed by atoms with E-state index in [1.165, 1.54) is 12.8 Å². The Bertz CT molecular complexity index is 569. The molecular weight excluding hydrogens is 252 g/mol. The van der Waals surface area contributed by atoms with Crippen LogP contribution in [0, 0.1) is 11.8 Å². The molecule has 104 valence electrons. The van der Waals surface area contributed by atoms with Crippen LogP contribution in [0.1, 0.15) is 12.8 Å². The second-order valence-corrected chi connectivity index (χ2v) is 5.80. The smallest absolute Gasteiger partial charge is 0.414 e. The Hall–Kier alpha value is -1.97. The maximum absolute atomic E-state index is 11.6. The Labute approximate surface area is 118 Å². The Balaban J connectivity index is 1.49. The van der Waals surface area contributed by atoms with Crippen LogP contribution in [0.3, 0.4) is 0 Å². The lowest BCUT2D eigenvalue weighted by Gasteiger charge is -2.41. The minimum Gasteiger partial charge on any atom is -0.447 e. The van der Waals surface area contributed by atoms with E-state index in [9.17, 15) is 4.79 Å². The predicted molar refractivity (Wildman–Crippen MR) is 77.9 cm³/mol. The van der Waals surface area contributed by atoms with Crippen molar-refractivity contribution < 1.29 is 9.53 Å². The van der Waals surface area contributed by atoms with Crippen molar-refractivity contribution in [2.45, 2.75) is 18.9 Å². The van der Waals surface area contributed by atoms with Crippen LogP contribution in [0.25, 0.3) is 0 Å². The van der Waals surface area contributed by atoms with Crippen molar-refractivity contribution >= 4 is 17.5 Å². The average molecular weight is 270 g/mol. The number of amides is 1. The van der Waals surface area contributed by atoms with E-state index in [4.69, 9.17) is 4.74 Å². The summed E-state index contributed by atoms with van der Waals surface area (Å²) in [6, 6.07) is 8.59. The van der Waals surface area contributed by atoms with E-state index in [2.05, 4.69) is 23.5 Å². The lowest BCUT2D eigenvalue weighted by Crippen LogP contribution is -2.43. The molecule has 1 amide bonds. The summed E-state index contributed by atoms with van der Waals surface area (Å²) in [4.78, 5) is 13.3. The molecule has 4 rings (SSSR count). The zero-order valence-corrected chi connectivity index (χ0v) is 11.3. The molecule has 0 spiro atoms. The third-order valence-corrected chi connectivity index (χ3v) is 4.63. The van der Waals surface area contributed by atoms with E-state index < -0.39 is 0 Å². The van der Waals surface area contributed by atoms with E-state index in [0.29, 0.717) is 25.1 Å². The lowest BCUT2D eigenvalue weighted by molar-refractivity contribution is 0.181. The second-order valence-electron chi connectivity index (χ2n) is 5.80. The molecule has 2 aliphatic carbocycles. The quantitative estimate of drug-likeness (QED) is 0.858. The highest BCUT2D eigenvalue weighted by Gasteiger charge is 2.40. The topological polar surface area (TPSA) is 41.6 Å². The van der Waals surface area contributed by atoms with Gasteiger partial charge < -0.3 is 10.1 Å². The summed E-state index contributed by atoms with van der Waals surface area (Å²) >= 11 is 0. The number of anilines is 2. The molecule has 1 aliphatic heterocycles.